The van der Waals surface area contributed by atoms with Crippen molar-refractivity contribution in [2.24, 2.45) is 0 Å². The van der Waals surface area contributed by atoms with Crippen LogP contribution in [0, 0.1) is 5.41 Å². The molecule has 0 aliphatic heterocycles. The second-order valence-electron chi connectivity index (χ2n) is 13.6. The van der Waals surface area contributed by atoms with Gasteiger partial charge in [-0.3, -0.25) is 39.9 Å². The van der Waals surface area contributed by atoms with Crippen molar-refractivity contribution in [2.45, 2.75) is 78.6 Å². The number of pyridine rings is 1. The van der Waals surface area contributed by atoms with Crippen molar-refractivity contribution in [3.63, 3.8) is 0 Å². The van der Waals surface area contributed by atoms with Crippen molar-refractivity contribution in [1.82, 2.24) is 10.3 Å². The average molecular weight is 870 g/mol. The maximum atomic E-state index is 14.0. The molecule has 18 nitrogen and oxygen atoms in total. The third kappa shape index (κ3) is 20.6. The van der Waals surface area contributed by atoms with Gasteiger partial charge in [-0.25, -0.2) is 14.6 Å². The van der Waals surface area contributed by atoms with Crippen molar-refractivity contribution in [2.75, 3.05) is 66.6 Å². The number of nitrogens with one attached hydrogen (secondary N) is 4. The Kier molecular flexibility index (Phi) is 23.1. The van der Waals surface area contributed by atoms with E-state index < -0.39 is 34.2 Å². The number of likely N-dealkylation sites (N-methyl/N-ethyl adjacent to an activating group) is 1. The standard InChI is InChI=1S/C41H55N7O8.CH4O3S/c1-5-8-10-14-26-55-40(52)45-33-28-31(39(51)48(25-23-37(50)54-7-3)35-16-12-13-24-43-35)19-22-34(33)47(4)36(49)29-44-32-20-17-30(18-21-32)38(42)46-41(53)56-27-15-11-9-6-2;1-5(2,3)4/h12-13,16-22,24,28,44H,5-11,14-15,23,25-27,29H2,1-4H3,(H,45,52)(H2,42,46,53);1H3,(H,2,3,4). The van der Waals surface area contributed by atoms with Crippen LogP contribution in [0.15, 0.2) is 66.9 Å². The molecule has 0 saturated carbocycles. The Morgan fingerprint density at radius 2 is 1.41 bits per heavy atom. The van der Waals surface area contributed by atoms with Crippen molar-refractivity contribution < 1.29 is 51.2 Å². The molecule has 3 rings (SSSR count). The molecule has 1 aromatic heterocycles. The van der Waals surface area contributed by atoms with Crippen LogP contribution in [-0.2, 0) is 33.9 Å². The molecule has 0 spiro atoms. The zero-order valence-corrected chi connectivity index (χ0v) is 36.3. The van der Waals surface area contributed by atoms with Gasteiger partial charge in [0.05, 0.1) is 50.4 Å². The first-order valence-electron chi connectivity index (χ1n) is 20.1. The third-order valence-corrected chi connectivity index (χ3v) is 8.54. The van der Waals surface area contributed by atoms with E-state index in [2.05, 4.69) is 34.8 Å². The molecule has 0 aliphatic rings. The van der Waals surface area contributed by atoms with E-state index in [0.29, 0.717) is 35.4 Å². The third-order valence-electron chi connectivity index (χ3n) is 8.54. The predicted octanol–water partition coefficient (Wildman–Crippen LogP) is 7.02. The lowest BCUT2D eigenvalue weighted by molar-refractivity contribution is -0.142. The zero-order valence-electron chi connectivity index (χ0n) is 35.5. The molecule has 2 aromatic carbocycles. The van der Waals surface area contributed by atoms with Crippen LogP contribution in [0.1, 0.15) is 94.5 Å². The summed E-state index contributed by atoms with van der Waals surface area (Å²) in [5, 5.41) is 16.4. The minimum Gasteiger partial charge on any atom is -0.466 e. The quantitative estimate of drug-likeness (QED) is 0.0170. The number of amides is 4. The molecule has 61 heavy (non-hydrogen) atoms. The molecule has 0 aliphatic carbocycles. The van der Waals surface area contributed by atoms with Gasteiger partial charge in [-0.1, -0.05) is 58.4 Å². The summed E-state index contributed by atoms with van der Waals surface area (Å²) in [6.45, 7) is 6.44. The fourth-order valence-corrected chi connectivity index (χ4v) is 5.42. The maximum absolute atomic E-state index is 14.0. The van der Waals surface area contributed by atoms with Crippen LogP contribution >= 0.6 is 0 Å². The number of carbonyl (C=O) groups excluding carboxylic acids is 5. The number of hydrogen-bond donors (Lipinski definition) is 5. The highest BCUT2D eigenvalue weighted by atomic mass is 32.2. The van der Waals surface area contributed by atoms with Crippen LogP contribution in [0.2, 0.25) is 0 Å². The molecule has 0 radical (unpaired) electrons. The number of anilines is 4. The van der Waals surface area contributed by atoms with Gasteiger partial charge >= 0.3 is 18.2 Å². The molecule has 4 amide bonds. The van der Waals surface area contributed by atoms with E-state index in [-0.39, 0.29) is 62.3 Å². The van der Waals surface area contributed by atoms with Crippen molar-refractivity contribution in [1.29, 1.82) is 5.41 Å². The number of aromatic nitrogens is 1. The van der Waals surface area contributed by atoms with Crippen LogP contribution in [0.4, 0.5) is 32.5 Å². The number of alkyl carbamates (subject to hydrolysis) is 1. The van der Waals surface area contributed by atoms with Gasteiger partial charge in [0.1, 0.15) is 11.7 Å². The lowest BCUT2D eigenvalue weighted by atomic mass is 10.1. The van der Waals surface area contributed by atoms with Crippen molar-refractivity contribution in [3.05, 3.63) is 78.0 Å². The maximum Gasteiger partial charge on any atom is 0.412 e. The summed E-state index contributed by atoms with van der Waals surface area (Å²) in [6.07, 6.45) is 8.30. The molecule has 0 unspecified atom stereocenters. The fourth-order valence-electron chi connectivity index (χ4n) is 5.42. The second kappa shape index (κ2) is 27.6. The van der Waals surface area contributed by atoms with Gasteiger partial charge in [-0.05, 0) is 74.4 Å². The first kappa shape index (κ1) is 51.1. The highest BCUT2D eigenvalue weighted by molar-refractivity contribution is 7.85. The lowest BCUT2D eigenvalue weighted by Crippen LogP contribution is -2.35. The number of nitrogens with zero attached hydrogens (tertiary/aromatic N) is 3. The Hall–Kier alpha value is -6.08. The van der Waals surface area contributed by atoms with Gasteiger partial charge in [-0.2, -0.15) is 8.42 Å². The minimum atomic E-state index is -3.67. The van der Waals surface area contributed by atoms with E-state index in [1.165, 1.54) is 28.1 Å². The van der Waals surface area contributed by atoms with Crippen LogP contribution in [0.5, 0.6) is 0 Å². The molecule has 0 atom stereocenters. The minimum absolute atomic E-state index is 0.00653. The SMILES string of the molecule is CCCCCCOC(=O)NC(=N)c1ccc(NCC(=O)N(C)c2ccc(C(=O)N(CCC(=O)OCC)c3ccccn3)cc2NC(=O)OCCCCCC)cc1.CS(=O)(=O)O. The first-order valence-corrected chi connectivity index (χ1v) is 21.9. The first-order chi connectivity index (χ1) is 29.1. The van der Waals surface area contributed by atoms with Gasteiger partial charge in [0.2, 0.25) is 5.91 Å². The zero-order chi connectivity index (χ0) is 45.2. The van der Waals surface area contributed by atoms with Gasteiger partial charge in [0.15, 0.2) is 0 Å². The highest BCUT2D eigenvalue weighted by Crippen LogP contribution is 2.29. The summed E-state index contributed by atoms with van der Waals surface area (Å²) < 4.78 is 41.5. The van der Waals surface area contributed by atoms with Gasteiger partial charge in [0.25, 0.3) is 16.0 Å². The summed E-state index contributed by atoms with van der Waals surface area (Å²) in [5.41, 5.74) is 1.67. The Morgan fingerprint density at radius 1 is 0.803 bits per heavy atom. The largest absolute Gasteiger partial charge is 0.466 e. The number of benzene rings is 2. The number of carbonyl (C=O) groups is 5. The summed E-state index contributed by atoms with van der Waals surface area (Å²) in [4.78, 5) is 71.6. The predicted molar refractivity (Wildman–Crippen MR) is 234 cm³/mol. The smallest absolute Gasteiger partial charge is 0.412 e. The monoisotopic (exact) mass is 869 g/mol. The van der Waals surface area contributed by atoms with Crippen LogP contribution in [0.3, 0.4) is 0 Å². The number of ether oxygens (including phenoxy) is 3. The Balaban J connectivity index is 0.00000241. The second-order valence-corrected chi connectivity index (χ2v) is 15.0. The van der Waals surface area contributed by atoms with Gasteiger partial charge in [-0.15, -0.1) is 0 Å². The molecule has 0 bridgehead atoms. The van der Waals surface area contributed by atoms with E-state index in [4.69, 9.17) is 24.2 Å². The summed E-state index contributed by atoms with van der Waals surface area (Å²) in [7, 11) is -2.12. The Labute approximate surface area is 358 Å². The van der Waals surface area contributed by atoms with Crippen LogP contribution in [0.25, 0.3) is 0 Å². The molecule has 3 aromatic rings. The normalized spacial score (nSPS) is 10.6. The Bertz CT molecular complexity index is 1970. The summed E-state index contributed by atoms with van der Waals surface area (Å²) in [5.74, 6) is -1.12. The van der Waals surface area contributed by atoms with E-state index in [0.717, 1.165) is 44.9 Å². The number of esters is 1. The summed E-state index contributed by atoms with van der Waals surface area (Å²) in [6, 6.07) is 16.2. The molecular weight excluding hydrogens is 811 g/mol. The van der Waals surface area contributed by atoms with E-state index >= 15 is 0 Å². The molecule has 5 N–H and O–H groups in total. The molecule has 334 valence electrons. The van der Waals surface area contributed by atoms with E-state index in [1.54, 1.807) is 62.5 Å². The van der Waals surface area contributed by atoms with E-state index in [1.807, 2.05) is 0 Å². The average Bonchev–Trinajstić information content (AvgIpc) is 3.22. The van der Waals surface area contributed by atoms with Crippen molar-refractivity contribution >= 4 is 68.8 Å². The molecule has 0 saturated heterocycles. The van der Waals surface area contributed by atoms with Gasteiger partial charge < -0.3 is 24.4 Å². The number of hydrogen-bond acceptors (Lipinski definition) is 13. The molecule has 19 heteroatoms. The number of amidine groups is 1. The summed E-state index contributed by atoms with van der Waals surface area (Å²) >= 11 is 0. The van der Waals surface area contributed by atoms with Crippen molar-refractivity contribution in [3.8, 4) is 0 Å². The molecule has 1 heterocycles. The van der Waals surface area contributed by atoms with E-state index in [9.17, 15) is 32.4 Å². The van der Waals surface area contributed by atoms with Crippen LogP contribution < -0.4 is 25.8 Å². The number of unbranched alkanes of at least 4 members (excludes halogenated alkanes) is 6. The number of rotatable bonds is 22. The van der Waals surface area contributed by atoms with Crippen LogP contribution in [-0.4, -0.2) is 100.0 Å². The Morgan fingerprint density at radius 3 is 1.98 bits per heavy atom. The fraction of sp³-hybridized carbons (Fsp3) is 0.452. The van der Waals surface area contributed by atoms with Gasteiger partial charge in [0, 0.05) is 36.6 Å². The lowest BCUT2D eigenvalue weighted by Gasteiger charge is -2.24. The topological polar surface area (TPSA) is 247 Å². The molecule has 0 fully saturated rings. The molecular formula is C42H59N7O11S. The highest BCUT2D eigenvalue weighted by Gasteiger charge is 2.24.